The molecule has 5 heteroatoms. The lowest BCUT2D eigenvalue weighted by molar-refractivity contribution is -0.112. The fourth-order valence-electron chi connectivity index (χ4n) is 3.50. The molecule has 1 N–H and O–H groups in total. The number of morpholine rings is 1. The van der Waals surface area contributed by atoms with Crippen molar-refractivity contribution in [1.82, 2.24) is 4.90 Å². The van der Waals surface area contributed by atoms with Crippen LogP contribution >= 0.6 is 0 Å². The van der Waals surface area contributed by atoms with E-state index in [4.69, 9.17) is 4.74 Å². The highest BCUT2D eigenvalue weighted by Gasteiger charge is 2.22. The number of para-hydroxylation sites is 1. The SMILES string of the molecule is N#CC(=C1CCCCC1)/C(=C/C(=O)Nc1ccccc1)N1CCOCC1. The third kappa shape index (κ3) is 4.74. The molecule has 1 aliphatic heterocycles. The third-order valence-electron chi connectivity index (χ3n) is 4.84. The fraction of sp³-hybridized carbons (Fsp3) is 0.429. The van der Waals surface area contributed by atoms with Crippen LogP contribution in [-0.4, -0.2) is 37.1 Å². The molecule has 0 unspecified atom stereocenters. The Balaban J connectivity index is 1.89. The van der Waals surface area contributed by atoms with Crippen LogP contribution in [0.2, 0.25) is 0 Å². The number of carbonyl (C=O) groups is 1. The summed E-state index contributed by atoms with van der Waals surface area (Å²) in [5, 5.41) is 12.7. The predicted octanol–water partition coefficient (Wildman–Crippen LogP) is 3.63. The first kappa shape index (κ1) is 18.2. The summed E-state index contributed by atoms with van der Waals surface area (Å²) in [6.07, 6.45) is 6.93. The maximum atomic E-state index is 12.6. The van der Waals surface area contributed by atoms with Gasteiger partial charge in [-0.2, -0.15) is 5.26 Å². The zero-order valence-electron chi connectivity index (χ0n) is 15.0. The van der Waals surface area contributed by atoms with Gasteiger partial charge in [-0.1, -0.05) is 30.2 Å². The molecule has 0 radical (unpaired) electrons. The summed E-state index contributed by atoms with van der Waals surface area (Å²) in [6.45, 7) is 2.63. The Kier molecular flexibility index (Phi) is 6.45. The minimum Gasteiger partial charge on any atom is -0.378 e. The Labute approximate surface area is 154 Å². The Morgan fingerprint density at radius 2 is 1.81 bits per heavy atom. The Morgan fingerprint density at radius 1 is 1.12 bits per heavy atom. The quantitative estimate of drug-likeness (QED) is 0.664. The first-order valence-corrected chi connectivity index (χ1v) is 9.31. The number of anilines is 1. The number of benzene rings is 1. The lowest BCUT2D eigenvalue weighted by Gasteiger charge is -2.32. The molecule has 1 aliphatic carbocycles. The molecule has 1 saturated heterocycles. The number of hydrogen-bond acceptors (Lipinski definition) is 4. The van der Waals surface area contributed by atoms with Crippen LogP contribution in [0.5, 0.6) is 0 Å². The Morgan fingerprint density at radius 3 is 2.46 bits per heavy atom. The number of rotatable bonds is 4. The number of allylic oxidation sites excluding steroid dienone is 2. The van der Waals surface area contributed by atoms with Crippen molar-refractivity contribution in [2.24, 2.45) is 0 Å². The molecule has 1 amide bonds. The van der Waals surface area contributed by atoms with Gasteiger partial charge >= 0.3 is 0 Å². The van der Waals surface area contributed by atoms with E-state index in [0.29, 0.717) is 31.9 Å². The summed E-state index contributed by atoms with van der Waals surface area (Å²) >= 11 is 0. The standard InChI is InChI=1S/C21H25N3O2/c22-16-19(17-7-3-1-4-8-17)20(24-11-13-26-14-12-24)15-21(25)23-18-9-5-2-6-10-18/h2,5-6,9-10,15H,1,3-4,7-8,11-14H2,(H,23,25)/b20-15-. The highest BCUT2D eigenvalue weighted by Crippen LogP contribution is 2.30. The van der Waals surface area contributed by atoms with Crippen molar-refractivity contribution in [3.63, 3.8) is 0 Å². The van der Waals surface area contributed by atoms with Gasteiger partial charge in [0.05, 0.1) is 24.5 Å². The van der Waals surface area contributed by atoms with E-state index < -0.39 is 0 Å². The molecule has 1 saturated carbocycles. The van der Waals surface area contributed by atoms with Crippen LogP contribution < -0.4 is 5.32 Å². The molecule has 0 spiro atoms. The largest absolute Gasteiger partial charge is 0.378 e. The Hall–Kier alpha value is -2.58. The Bertz CT molecular complexity index is 717. The van der Waals surface area contributed by atoms with E-state index >= 15 is 0 Å². The van der Waals surface area contributed by atoms with E-state index in [1.54, 1.807) is 6.08 Å². The van der Waals surface area contributed by atoms with Gasteiger partial charge in [0.1, 0.15) is 6.07 Å². The third-order valence-corrected chi connectivity index (χ3v) is 4.84. The van der Waals surface area contributed by atoms with Gasteiger partial charge in [0, 0.05) is 24.9 Å². The predicted molar refractivity (Wildman–Crippen MR) is 101 cm³/mol. The maximum absolute atomic E-state index is 12.6. The minimum absolute atomic E-state index is 0.207. The first-order chi connectivity index (χ1) is 12.8. The molecule has 1 aromatic rings. The molecule has 5 nitrogen and oxygen atoms in total. The number of nitrogens with one attached hydrogen (secondary N) is 1. The first-order valence-electron chi connectivity index (χ1n) is 9.31. The summed E-state index contributed by atoms with van der Waals surface area (Å²) in [6, 6.07) is 11.8. The average Bonchev–Trinajstić information content (AvgIpc) is 2.70. The van der Waals surface area contributed by atoms with Crippen molar-refractivity contribution in [2.45, 2.75) is 32.1 Å². The van der Waals surface area contributed by atoms with Crippen molar-refractivity contribution in [1.29, 1.82) is 5.26 Å². The van der Waals surface area contributed by atoms with Crippen LogP contribution in [0.15, 0.2) is 53.3 Å². The number of carbonyl (C=O) groups excluding carboxylic acids is 1. The second-order valence-electron chi connectivity index (χ2n) is 6.64. The smallest absolute Gasteiger partial charge is 0.250 e. The molecule has 1 aromatic carbocycles. The van der Waals surface area contributed by atoms with Gasteiger partial charge < -0.3 is 15.0 Å². The minimum atomic E-state index is -0.207. The number of ether oxygens (including phenoxy) is 1. The summed E-state index contributed by atoms with van der Waals surface area (Å²) in [4.78, 5) is 14.7. The summed E-state index contributed by atoms with van der Waals surface area (Å²) in [7, 11) is 0. The van der Waals surface area contributed by atoms with Gasteiger partial charge in [-0.25, -0.2) is 0 Å². The number of hydrogen-bond donors (Lipinski definition) is 1. The van der Waals surface area contributed by atoms with E-state index in [2.05, 4.69) is 16.3 Å². The molecular weight excluding hydrogens is 326 g/mol. The maximum Gasteiger partial charge on any atom is 0.250 e. The molecule has 0 atom stereocenters. The molecule has 0 aromatic heterocycles. The van der Waals surface area contributed by atoms with Gasteiger partial charge in [0.15, 0.2) is 0 Å². The number of amides is 1. The van der Waals surface area contributed by atoms with E-state index in [9.17, 15) is 10.1 Å². The summed E-state index contributed by atoms with van der Waals surface area (Å²) in [5.74, 6) is -0.207. The summed E-state index contributed by atoms with van der Waals surface area (Å²) < 4.78 is 5.44. The van der Waals surface area contributed by atoms with Crippen LogP contribution in [0.4, 0.5) is 5.69 Å². The number of nitrogens with zero attached hydrogens (tertiary/aromatic N) is 2. The second kappa shape index (κ2) is 9.21. The van der Waals surface area contributed by atoms with Crippen LogP contribution in [0.3, 0.4) is 0 Å². The van der Waals surface area contributed by atoms with E-state index in [1.807, 2.05) is 30.3 Å². The molecule has 136 valence electrons. The normalized spacial score (nSPS) is 18.2. The van der Waals surface area contributed by atoms with Crippen molar-refractivity contribution in [3.8, 4) is 6.07 Å². The van der Waals surface area contributed by atoms with E-state index in [1.165, 1.54) is 12.0 Å². The van der Waals surface area contributed by atoms with Crippen LogP contribution in [-0.2, 0) is 9.53 Å². The lowest BCUT2D eigenvalue weighted by Crippen LogP contribution is -2.37. The molecule has 26 heavy (non-hydrogen) atoms. The molecule has 0 bridgehead atoms. The van der Waals surface area contributed by atoms with Crippen molar-refractivity contribution in [3.05, 3.63) is 53.3 Å². The average molecular weight is 351 g/mol. The van der Waals surface area contributed by atoms with Gasteiger partial charge in [-0.05, 0) is 37.8 Å². The molecule has 1 heterocycles. The van der Waals surface area contributed by atoms with Gasteiger partial charge in [0.25, 0.3) is 0 Å². The lowest BCUT2D eigenvalue weighted by atomic mass is 9.89. The zero-order chi connectivity index (χ0) is 18.2. The van der Waals surface area contributed by atoms with Crippen molar-refractivity contribution in [2.75, 3.05) is 31.6 Å². The zero-order valence-corrected chi connectivity index (χ0v) is 15.0. The van der Waals surface area contributed by atoms with Crippen LogP contribution in [0.25, 0.3) is 0 Å². The number of nitriles is 1. The van der Waals surface area contributed by atoms with Crippen LogP contribution in [0, 0.1) is 11.3 Å². The monoisotopic (exact) mass is 351 g/mol. The topological polar surface area (TPSA) is 65.4 Å². The molecule has 2 fully saturated rings. The highest BCUT2D eigenvalue weighted by molar-refractivity contribution is 6.00. The highest BCUT2D eigenvalue weighted by atomic mass is 16.5. The fourth-order valence-corrected chi connectivity index (χ4v) is 3.50. The van der Waals surface area contributed by atoms with E-state index in [0.717, 1.165) is 37.1 Å². The molecule has 2 aliphatic rings. The van der Waals surface area contributed by atoms with Gasteiger partial charge in [0.2, 0.25) is 5.91 Å². The van der Waals surface area contributed by atoms with Gasteiger partial charge in [-0.15, -0.1) is 0 Å². The van der Waals surface area contributed by atoms with Crippen molar-refractivity contribution < 1.29 is 9.53 Å². The second-order valence-corrected chi connectivity index (χ2v) is 6.64. The van der Waals surface area contributed by atoms with Crippen molar-refractivity contribution >= 4 is 11.6 Å². The van der Waals surface area contributed by atoms with E-state index in [-0.39, 0.29) is 5.91 Å². The molecular formula is C21H25N3O2. The summed E-state index contributed by atoms with van der Waals surface area (Å²) in [5.41, 5.74) is 3.35. The molecule has 3 rings (SSSR count). The van der Waals surface area contributed by atoms with Crippen LogP contribution in [0.1, 0.15) is 32.1 Å². The van der Waals surface area contributed by atoms with Gasteiger partial charge in [-0.3, -0.25) is 4.79 Å².